The summed E-state index contributed by atoms with van der Waals surface area (Å²) in [5.41, 5.74) is 0. The summed E-state index contributed by atoms with van der Waals surface area (Å²) in [6.07, 6.45) is 0.234. The molecule has 2 rings (SSSR count). The van der Waals surface area contributed by atoms with Gasteiger partial charge in [0.1, 0.15) is 0 Å². The maximum absolute atomic E-state index is 12.6. The summed E-state index contributed by atoms with van der Waals surface area (Å²) < 4.78 is 37.9. The molecule has 1 saturated heterocycles. The van der Waals surface area contributed by atoms with Gasteiger partial charge in [0, 0.05) is 25.6 Å². The van der Waals surface area contributed by atoms with Gasteiger partial charge in [0.2, 0.25) is 5.91 Å². The molecule has 1 N–H and O–H groups in total. The van der Waals surface area contributed by atoms with E-state index in [1.165, 1.54) is 12.8 Å². The molecular formula is C15H25F3N2O. The molecule has 21 heavy (non-hydrogen) atoms. The van der Waals surface area contributed by atoms with Crippen LogP contribution in [0.1, 0.15) is 44.9 Å². The molecule has 1 aliphatic carbocycles. The first-order chi connectivity index (χ1) is 9.88. The largest absolute Gasteiger partial charge is 0.391 e. The SMILES string of the molecule is CN(CC1CCCCN1)C(=O)C1CCC(C(F)(F)F)CC1. The van der Waals surface area contributed by atoms with E-state index in [1.54, 1.807) is 11.9 Å². The Hall–Kier alpha value is -0.780. The average molecular weight is 306 g/mol. The maximum Gasteiger partial charge on any atom is 0.391 e. The highest BCUT2D eigenvalue weighted by molar-refractivity contribution is 5.78. The van der Waals surface area contributed by atoms with Gasteiger partial charge in [0.25, 0.3) is 0 Å². The number of hydrogen-bond donors (Lipinski definition) is 1. The zero-order chi connectivity index (χ0) is 15.5. The number of nitrogens with one attached hydrogen (secondary N) is 1. The molecule has 1 heterocycles. The van der Waals surface area contributed by atoms with Gasteiger partial charge >= 0.3 is 6.18 Å². The van der Waals surface area contributed by atoms with Crippen molar-refractivity contribution in [3.63, 3.8) is 0 Å². The Balaban J connectivity index is 1.78. The first-order valence-electron chi connectivity index (χ1n) is 7.93. The number of piperidine rings is 1. The van der Waals surface area contributed by atoms with Crippen molar-refractivity contribution in [2.75, 3.05) is 20.1 Å². The van der Waals surface area contributed by atoms with Crippen LogP contribution in [0.15, 0.2) is 0 Å². The fraction of sp³-hybridized carbons (Fsp3) is 0.933. The molecule has 122 valence electrons. The minimum Gasteiger partial charge on any atom is -0.344 e. The quantitative estimate of drug-likeness (QED) is 0.869. The number of likely N-dealkylation sites (N-methyl/N-ethyl adjacent to an activating group) is 1. The normalized spacial score (nSPS) is 31.0. The lowest BCUT2D eigenvalue weighted by Crippen LogP contribution is -2.46. The van der Waals surface area contributed by atoms with E-state index in [4.69, 9.17) is 0 Å². The second-order valence-electron chi connectivity index (χ2n) is 6.46. The number of rotatable bonds is 3. The van der Waals surface area contributed by atoms with Crippen LogP contribution in [0.4, 0.5) is 13.2 Å². The smallest absolute Gasteiger partial charge is 0.344 e. The Labute approximate surface area is 124 Å². The van der Waals surface area contributed by atoms with E-state index in [-0.39, 0.29) is 24.7 Å². The van der Waals surface area contributed by atoms with E-state index in [2.05, 4.69) is 5.32 Å². The van der Waals surface area contributed by atoms with E-state index in [0.29, 0.717) is 25.4 Å². The van der Waals surface area contributed by atoms with E-state index in [9.17, 15) is 18.0 Å². The molecule has 0 aromatic rings. The van der Waals surface area contributed by atoms with Crippen molar-refractivity contribution in [2.24, 2.45) is 11.8 Å². The standard InChI is InChI=1S/C15H25F3N2O/c1-20(10-13-4-2-3-9-19-13)14(21)11-5-7-12(8-6-11)15(16,17)18/h11-13,19H,2-10H2,1H3. The topological polar surface area (TPSA) is 32.3 Å². The zero-order valence-electron chi connectivity index (χ0n) is 12.6. The zero-order valence-corrected chi connectivity index (χ0v) is 12.6. The van der Waals surface area contributed by atoms with Crippen molar-refractivity contribution in [3.8, 4) is 0 Å². The highest BCUT2D eigenvalue weighted by Crippen LogP contribution is 2.39. The van der Waals surface area contributed by atoms with Gasteiger partial charge in [0.05, 0.1) is 5.92 Å². The Morgan fingerprint density at radius 2 is 1.81 bits per heavy atom. The maximum atomic E-state index is 12.6. The average Bonchev–Trinajstić information content (AvgIpc) is 2.46. The van der Waals surface area contributed by atoms with Gasteiger partial charge in [0.15, 0.2) is 0 Å². The van der Waals surface area contributed by atoms with Crippen LogP contribution in [0.25, 0.3) is 0 Å². The number of hydrogen-bond acceptors (Lipinski definition) is 2. The lowest BCUT2D eigenvalue weighted by Gasteiger charge is -2.33. The predicted molar refractivity (Wildman–Crippen MR) is 74.8 cm³/mol. The van der Waals surface area contributed by atoms with Crippen LogP contribution in [0.2, 0.25) is 0 Å². The third kappa shape index (κ3) is 4.59. The summed E-state index contributed by atoms with van der Waals surface area (Å²) in [6.45, 7) is 1.65. The monoisotopic (exact) mass is 306 g/mol. The summed E-state index contributed by atoms with van der Waals surface area (Å²) in [5, 5.41) is 3.39. The Morgan fingerprint density at radius 1 is 1.14 bits per heavy atom. The molecule has 0 bridgehead atoms. The van der Waals surface area contributed by atoms with Gasteiger partial charge in [-0.3, -0.25) is 4.79 Å². The van der Waals surface area contributed by atoms with Gasteiger partial charge in [-0.1, -0.05) is 6.42 Å². The highest BCUT2D eigenvalue weighted by Gasteiger charge is 2.42. The molecule has 6 heteroatoms. The third-order valence-electron chi connectivity index (χ3n) is 4.82. The molecule has 2 aliphatic rings. The molecule has 0 aromatic carbocycles. The van der Waals surface area contributed by atoms with E-state index in [1.807, 2.05) is 0 Å². The van der Waals surface area contributed by atoms with Crippen molar-refractivity contribution < 1.29 is 18.0 Å². The van der Waals surface area contributed by atoms with Crippen molar-refractivity contribution in [3.05, 3.63) is 0 Å². The number of carbonyl (C=O) groups excluding carboxylic acids is 1. The molecule has 1 saturated carbocycles. The molecule has 2 fully saturated rings. The number of halogens is 3. The van der Waals surface area contributed by atoms with Crippen LogP contribution in [-0.2, 0) is 4.79 Å². The molecule has 3 nitrogen and oxygen atoms in total. The number of carbonyl (C=O) groups is 1. The van der Waals surface area contributed by atoms with Crippen LogP contribution in [0, 0.1) is 11.8 Å². The summed E-state index contributed by atoms with van der Waals surface area (Å²) >= 11 is 0. The van der Waals surface area contributed by atoms with Crippen LogP contribution in [-0.4, -0.2) is 43.2 Å². The summed E-state index contributed by atoms with van der Waals surface area (Å²) in [4.78, 5) is 14.1. The van der Waals surface area contributed by atoms with Crippen molar-refractivity contribution in [1.29, 1.82) is 0 Å². The lowest BCUT2D eigenvalue weighted by molar-refractivity contribution is -0.185. The first-order valence-corrected chi connectivity index (χ1v) is 7.93. The van der Waals surface area contributed by atoms with E-state index >= 15 is 0 Å². The van der Waals surface area contributed by atoms with Gasteiger partial charge in [-0.25, -0.2) is 0 Å². The van der Waals surface area contributed by atoms with Crippen LogP contribution in [0.5, 0.6) is 0 Å². The fourth-order valence-electron chi connectivity index (χ4n) is 3.48. The Bertz CT molecular complexity index is 345. The van der Waals surface area contributed by atoms with Crippen LogP contribution in [0.3, 0.4) is 0 Å². The minimum atomic E-state index is -4.11. The molecule has 0 spiro atoms. The van der Waals surface area contributed by atoms with Gasteiger partial charge in [-0.05, 0) is 45.1 Å². The number of nitrogens with zero attached hydrogens (tertiary/aromatic N) is 1. The lowest BCUT2D eigenvalue weighted by atomic mass is 9.81. The summed E-state index contributed by atoms with van der Waals surface area (Å²) in [7, 11) is 1.77. The Morgan fingerprint density at radius 3 is 2.33 bits per heavy atom. The molecular weight excluding hydrogens is 281 g/mol. The van der Waals surface area contributed by atoms with Gasteiger partial charge in [-0.15, -0.1) is 0 Å². The molecule has 1 amide bonds. The van der Waals surface area contributed by atoms with Crippen LogP contribution >= 0.6 is 0 Å². The van der Waals surface area contributed by atoms with Crippen LogP contribution < -0.4 is 5.32 Å². The fourth-order valence-corrected chi connectivity index (χ4v) is 3.48. The number of amides is 1. The summed E-state index contributed by atoms with van der Waals surface area (Å²) in [6, 6.07) is 0.333. The van der Waals surface area contributed by atoms with Gasteiger partial charge < -0.3 is 10.2 Å². The van der Waals surface area contributed by atoms with E-state index in [0.717, 1.165) is 13.0 Å². The molecule has 1 aliphatic heterocycles. The van der Waals surface area contributed by atoms with Crippen molar-refractivity contribution in [2.45, 2.75) is 57.2 Å². The molecule has 1 unspecified atom stereocenters. The highest BCUT2D eigenvalue weighted by atomic mass is 19.4. The molecule has 0 radical (unpaired) electrons. The summed E-state index contributed by atoms with van der Waals surface area (Å²) in [5.74, 6) is -1.42. The Kier molecular flexibility index (Phi) is 5.52. The van der Waals surface area contributed by atoms with Gasteiger partial charge in [-0.2, -0.15) is 13.2 Å². The van der Waals surface area contributed by atoms with E-state index < -0.39 is 12.1 Å². The minimum absolute atomic E-state index is 0.0167. The molecule has 1 atom stereocenters. The predicted octanol–water partition coefficient (Wildman–Crippen LogP) is 2.96. The second kappa shape index (κ2) is 6.99. The first kappa shape index (κ1) is 16.6. The third-order valence-corrected chi connectivity index (χ3v) is 4.82. The second-order valence-corrected chi connectivity index (χ2v) is 6.46. The van der Waals surface area contributed by atoms with Crippen molar-refractivity contribution in [1.82, 2.24) is 10.2 Å². The van der Waals surface area contributed by atoms with Crippen molar-refractivity contribution >= 4 is 5.91 Å². The number of alkyl halides is 3. The molecule has 0 aromatic heterocycles.